The molecule has 2 fully saturated rings. The van der Waals surface area contributed by atoms with E-state index in [9.17, 15) is 0 Å². The molecule has 2 aliphatic rings. The zero-order valence-electron chi connectivity index (χ0n) is 13.1. The predicted molar refractivity (Wildman–Crippen MR) is 87.3 cm³/mol. The van der Waals surface area contributed by atoms with Crippen LogP contribution in [0.3, 0.4) is 0 Å². The Kier molecular flexibility index (Phi) is 5.64. The Labute approximate surface area is 128 Å². The van der Waals surface area contributed by atoms with E-state index in [-0.39, 0.29) is 0 Å². The Hall–Kier alpha value is -0.930. The minimum atomic E-state index is 0.714. The van der Waals surface area contributed by atoms with Gasteiger partial charge in [0.15, 0.2) is 0 Å². The summed E-state index contributed by atoms with van der Waals surface area (Å²) in [6, 6.07) is 5.68. The first-order valence-electron chi connectivity index (χ1n) is 8.79. The fourth-order valence-electron chi connectivity index (χ4n) is 4.09. The molecule has 1 saturated heterocycles. The first kappa shape index (κ1) is 15.0. The topological polar surface area (TPSA) is 37.0 Å². The first-order chi connectivity index (χ1) is 10.4. The molecule has 3 atom stereocenters. The van der Waals surface area contributed by atoms with Gasteiger partial charge in [-0.25, -0.2) is 0 Å². The van der Waals surface area contributed by atoms with E-state index in [0.29, 0.717) is 6.04 Å². The molecule has 1 saturated carbocycles. The van der Waals surface area contributed by atoms with Crippen LogP contribution in [0.2, 0.25) is 0 Å². The molecule has 2 heterocycles. The van der Waals surface area contributed by atoms with Crippen LogP contribution in [0.15, 0.2) is 24.5 Å². The van der Waals surface area contributed by atoms with Crippen LogP contribution in [0, 0.1) is 5.92 Å². The van der Waals surface area contributed by atoms with Gasteiger partial charge in [0.25, 0.3) is 0 Å². The molecular weight excluding hydrogens is 258 g/mol. The number of nitrogens with one attached hydrogen (secondary N) is 2. The molecule has 1 aromatic rings. The zero-order chi connectivity index (χ0) is 14.3. The van der Waals surface area contributed by atoms with Gasteiger partial charge in [0.1, 0.15) is 0 Å². The summed E-state index contributed by atoms with van der Waals surface area (Å²) in [5, 5.41) is 7.63. The van der Waals surface area contributed by atoms with Crippen LogP contribution in [0.4, 0.5) is 0 Å². The van der Waals surface area contributed by atoms with Gasteiger partial charge in [-0.2, -0.15) is 0 Å². The smallest absolute Gasteiger partial charge is 0.0300 e. The number of piperidine rings is 1. The molecule has 3 heteroatoms. The summed E-state index contributed by atoms with van der Waals surface area (Å²) in [5.74, 6) is 0.841. The van der Waals surface area contributed by atoms with Gasteiger partial charge >= 0.3 is 0 Å². The molecule has 0 aromatic carbocycles. The van der Waals surface area contributed by atoms with Crippen LogP contribution in [0.5, 0.6) is 0 Å². The molecule has 0 radical (unpaired) electrons. The standard InChI is InChI=1S/C18H29N3/c1-2-8-18(16(7-1)17-9-3-4-12-20-17)21-13-10-15-6-5-11-19-14-15/h5-6,11,14,16-18,20-21H,1-4,7-10,12-13H2. The second-order valence-electron chi connectivity index (χ2n) is 6.68. The highest BCUT2D eigenvalue weighted by molar-refractivity contribution is 5.08. The molecule has 0 bridgehead atoms. The van der Waals surface area contributed by atoms with Crippen LogP contribution in [0.25, 0.3) is 0 Å². The highest BCUT2D eigenvalue weighted by atomic mass is 15.0. The van der Waals surface area contributed by atoms with Gasteiger partial charge in [0.2, 0.25) is 0 Å². The summed E-state index contributed by atoms with van der Waals surface area (Å²) >= 11 is 0. The predicted octanol–water partition coefficient (Wildman–Crippen LogP) is 2.91. The summed E-state index contributed by atoms with van der Waals surface area (Å²) in [4.78, 5) is 4.20. The largest absolute Gasteiger partial charge is 0.314 e. The lowest BCUT2D eigenvalue weighted by Gasteiger charge is -2.40. The van der Waals surface area contributed by atoms with Crippen molar-refractivity contribution in [2.24, 2.45) is 5.92 Å². The van der Waals surface area contributed by atoms with Crippen molar-refractivity contribution in [3.05, 3.63) is 30.1 Å². The van der Waals surface area contributed by atoms with Gasteiger partial charge in [0.05, 0.1) is 0 Å². The lowest BCUT2D eigenvalue weighted by molar-refractivity contribution is 0.182. The average molecular weight is 287 g/mol. The lowest BCUT2D eigenvalue weighted by atomic mass is 9.77. The second kappa shape index (κ2) is 7.90. The molecule has 0 spiro atoms. The van der Waals surface area contributed by atoms with Crippen LogP contribution in [-0.4, -0.2) is 30.2 Å². The van der Waals surface area contributed by atoms with E-state index in [1.54, 1.807) is 0 Å². The van der Waals surface area contributed by atoms with Crippen LogP contribution >= 0.6 is 0 Å². The number of rotatable bonds is 5. The van der Waals surface area contributed by atoms with Gasteiger partial charge in [-0.1, -0.05) is 25.3 Å². The fraction of sp³-hybridized carbons (Fsp3) is 0.722. The molecular formula is C18H29N3. The summed E-state index contributed by atoms with van der Waals surface area (Å²) in [6.45, 7) is 2.31. The SMILES string of the molecule is c1cncc(CCNC2CCCCC2C2CCCCN2)c1. The minimum absolute atomic E-state index is 0.714. The van der Waals surface area contributed by atoms with E-state index in [4.69, 9.17) is 0 Å². The highest BCUT2D eigenvalue weighted by Crippen LogP contribution is 2.30. The van der Waals surface area contributed by atoms with E-state index in [2.05, 4.69) is 21.7 Å². The van der Waals surface area contributed by atoms with Crippen LogP contribution in [-0.2, 0) is 6.42 Å². The van der Waals surface area contributed by atoms with Crippen molar-refractivity contribution in [2.75, 3.05) is 13.1 Å². The molecule has 21 heavy (non-hydrogen) atoms. The van der Waals surface area contributed by atoms with Gasteiger partial charge in [0, 0.05) is 24.5 Å². The Balaban J connectivity index is 1.49. The Morgan fingerprint density at radius 2 is 2.05 bits per heavy atom. The van der Waals surface area contributed by atoms with E-state index in [1.807, 2.05) is 18.5 Å². The summed E-state index contributed by atoms with van der Waals surface area (Å²) in [7, 11) is 0. The quantitative estimate of drug-likeness (QED) is 0.874. The third kappa shape index (κ3) is 4.27. The molecule has 0 amide bonds. The Morgan fingerprint density at radius 3 is 2.86 bits per heavy atom. The summed E-state index contributed by atoms with van der Waals surface area (Å²) < 4.78 is 0. The average Bonchev–Trinajstić information content (AvgIpc) is 2.57. The summed E-state index contributed by atoms with van der Waals surface area (Å²) in [6.07, 6.45) is 14.7. The number of pyridine rings is 1. The monoisotopic (exact) mass is 287 g/mol. The van der Waals surface area contributed by atoms with Crippen molar-refractivity contribution >= 4 is 0 Å². The third-order valence-electron chi connectivity index (χ3n) is 5.23. The molecule has 2 N–H and O–H groups in total. The fourth-order valence-corrected chi connectivity index (χ4v) is 4.09. The Morgan fingerprint density at radius 1 is 1.14 bits per heavy atom. The van der Waals surface area contributed by atoms with Crippen molar-refractivity contribution < 1.29 is 0 Å². The van der Waals surface area contributed by atoms with Crippen molar-refractivity contribution in [1.82, 2.24) is 15.6 Å². The lowest BCUT2D eigenvalue weighted by Crippen LogP contribution is -2.50. The molecule has 1 aromatic heterocycles. The van der Waals surface area contributed by atoms with Crippen molar-refractivity contribution in [2.45, 2.75) is 63.5 Å². The van der Waals surface area contributed by atoms with E-state index in [0.717, 1.165) is 24.9 Å². The first-order valence-corrected chi connectivity index (χ1v) is 8.79. The van der Waals surface area contributed by atoms with Gasteiger partial charge < -0.3 is 10.6 Å². The van der Waals surface area contributed by atoms with E-state index >= 15 is 0 Å². The molecule has 3 rings (SSSR count). The normalized spacial score (nSPS) is 30.2. The van der Waals surface area contributed by atoms with Crippen molar-refractivity contribution in [3.8, 4) is 0 Å². The van der Waals surface area contributed by atoms with Crippen molar-refractivity contribution in [3.63, 3.8) is 0 Å². The molecule has 1 aliphatic carbocycles. The highest BCUT2D eigenvalue weighted by Gasteiger charge is 2.31. The Bertz CT molecular complexity index is 400. The van der Waals surface area contributed by atoms with Gasteiger partial charge in [-0.3, -0.25) is 4.98 Å². The third-order valence-corrected chi connectivity index (χ3v) is 5.23. The molecule has 3 unspecified atom stereocenters. The van der Waals surface area contributed by atoms with Crippen LogP contribution < -0.4 is 10.6 Å². The van der Waals surface area contributed by atoms with Crippen LogP contribution in [0.1, 0.15) is 50.5 Å². The maximum atomic E-state index is 4.20. The maximum Gasteiger partial charge on any atom is 0.0300 e. The molecule has 1 aliphatic heterocycles. The molecule has 116 valence electrons. The van der Waals surface area contributed by atoms with Gasteiger partial charge in [-0.15, -0.1) is 0 Å². The van der Waals surface area contributed by atoms with Crippen molar-refractivity contribution in [1.29, 1.82) is 0 Å². The minimum Gasteiger partial charge on any atom is -0.314 e. The number of aromatic nitrogens is 1. The van der Waals surface area contributed by atoms with E-state index in [1.165, 1.54) is 57.1 Å². The van der Waals surface area contributed by atoms with E-state index < -0.39 is 0 Å². The maximum absolute atomic E-state index is 4.20. The van der Waals surface area contributed by atoms with Gasteiger partial charge in [-0.05, 0) is 62.7 Å². The number of nitrogens with zero attached hydrogens (tertiary/aromatic N) is 1. The summed E-state index contributed by atoms with van der Waals surface area (Å²) in [5.41, 5.74) is 1.34. The molecule has 3 nitrogen and oxygen atoms in total. The zero-order valence-corrected chi connectivity index (χ0v) is 13.1. The number of hydrogen-bond donors (Lipinski definition) is 2. The second-order valence-corrected chi connectivity index (χ2v) is 6.68. The number of hydrogen-bond acceptors (Lipinski definition) is 3.